The summed E-state index contributed by atoms with van der Waals surface area (Å²) in [5, 5.41) is 13.5. The van der Waals surface area contributed by atoms with Crippen LogP contribution in [0.3, 0.4) is 0 Å². The van der Waals surface area contributed by atoms with Gasteiger partial charge in [0.25, 0.3) is 5.69 Å². The molecule has 2 aromatic rings. The molecule has 7 heteroatoms. The van der Waals surface area contributed by atoms with Crippen LogP contribution < -0.4 is 5.32 Å². The van der Waals surface area contributed by atoms with E-state index in [-0.39, 0.29) is 17.6 Å². The SMILES string of the molecule is CC(C(=O)Nc1cccc([N+](=O)[O-])c1)N(C)Cc1ccc(Br)cc1. The van der Waals surface area contributed by atoms with Crippen LogP contribution in [0.5, 0.6) is 0 Å². The van der Waals surface area contributed by atoms with Crippen LogP contribution in [0.1, 0.15) is 12.5 Å². The fourth-order valence-electron chi connectivity index (χ4n) is 2.16. The van der Waals surface area contributed by atoms with Gasteiger partial charge in [-0.3, -0.25) is 19.8 Å². The monoisotopic (exact) mass is 391 g/mol. The summed E-state index contributed by atoms with van der Waals surface area (Å²) in [6.07, 6.45) is 0. The molecule has 1 atom stereocenters. The number of anilines is 1. The number of carbonyl (C=O) groups is 1. The summed E-state index contributed by atoms with van der Waals surface area (Å²) in [5.41, 5.74) is 1.46. The Morgan fingerprint density at radius 2 is 1.96 bits per heavy atom. The lowest BCUT2D eigenvalue weighted by Gasteiger charge is -2.24. The van der Waals surface area contributed by atoms with Crippen molar-refractivity contribution in [3.63, 3.8) is 0 Å². The van der Waals surface area contributed by atoms with Crippen molar-refractivity contribution < 1.29 is 9.72 Å². The fourth-order valence-corrected chi connectivity index (χ4v) is 2.42. The average Bonchev–Trinajstić information content (AvgIpc) is 2.56. The van der Waals surface area contributed by atoms with E-state index in [1.807, 2.05) is 36.2 Å². The highest BCUT2D eigenvalue weighted by atomic mass is 79.9. The van der Waals surface area contributed by atoms with Crippen molar-refractivity contribution in [2.24, 2.45) is 0 Å². The molecule has 0 spiro atoms. The van der Waals surface area contributed by atoms with Crippen LogP contribution in [-0.2, 0) is 11.3 Å². The number of nitro benzene ring substituents is 1. The minimum atomic E-state index is -0.487. The molecule has 0 saturated heterocycles. The number of halogens is 1. The van der Waals surface area contributed by atoms with Gasteiger partial charge in [-0.25, -0.2) is 0 Å². The largest absolute Gasteiger partial charge is 0.324 e. The van der Waals surface area contributed by atoms with E-state index in [1.54, 1.807) is 19.1 Å². The number of nitrogens with one attached hydrogen (secondary N) is 1. The van der Waals surface area contributed by atoms with Gasteiger partial charge in [-0.15, -0.1) is 0 Å². The van der Waals surface area contributed by atoms with E-state index in [9.17, 15) is 14.9 Å². The minimum absolute atomic E-state index is 0.0522. The van der Waals surface area contributed by atoms with Crippen molar-refractivity contribution in [1.82, 2.24) is 4.90 Å². The maximum atomic E-state index is 12.3. The quantitative estimate of drug-likeness (QED) is 0.599. The molecule has 2 rings (SSSR count). The number of rotatable bonds is 6. The molecule has 0 bridgehead atoms. The van der Waals surface area contributed by atoms with Crippen LogP contribution in [0.2, 0.25) is 0 Å². The molecular weight excluding hydrogens is 374 g/mol. The predicted octanol–water partition coefficient (Wildman–Crippen LogP) is 3.82. The average molecular weight is 392 g/mol. The Bertz CT molecular complexity index is 734. The topological polar surface area (TPSA) is 75.5 Å². The Hall–Kier alpha value is -2.25. The van der Waals surface area contributed by atoms with E-state index in [0.717, 1.165) is 10.0 Å². The summed E-state index contributed by atoms with van der Waals surface area (Å²) in [4.78, 5) is 24.6. The first-order chi connectivity index (χ1) is 11.4. The Balaban J connectivity index is 1.99. The van der Waals surface area contributed by atoms with Gasteiger partial charge in [0.15, 0.2) is 0 Å². The van der Waals surface area contributed by atoms with Gasteiger partial charge in [-0.05, 0) is 37.7 Å². The number of likely N-dealkylation sites (N-methyl/N-ethyl adjacent to an activating group) is 1. The molecule has 0 aliphatic heterocycles. The van der Waals surface area contributed by atoms with Crippen molar-refractivity contribution in [2.75, 3.05) is 12.4 Å². The van der Waals surface area contributed by atoms with Gasteiger partial charge < -0.3 is 5.32 Å². The third-order valence-corrected chi connectivity index (χ3v) is 4.24. The van der Waals surface area contributed by atoms with Crippen LogP contribution in [0, 0.1) is 10.1 Å². The molecule has 1 unspecified atom stereocenters. The molecule has 24 heavy (non-hydrogen) atoms. The highest BCUT2D eigenvalue weighted by Crippen LogP contribution is 2.18. The molecule has 126 valence electrons. The van der Waals surface area contributed by atoms with Gasteiger partial charge in [-0.1, -0.05) is 34.1 Å². The zero-order chi connectivity index (χ0) is 17.7. The van der Waals surface area contributed by atoms with Gasteiger partial charge in [0.1, 0.15) is 0 Å². The molecule has 0 aliphatic rings. The predicted molar refractivity (Wildman–Crippen MR) is 96.8 cm³/mol. The lowest BCUT2D eigenvalue weighted by Crippen LogP contribution is -2.39. The minimum Gasteiger partial charge on any atom is -0.324 e. The Labute approximate surface area is 148 Å². The Kier molecular flexibility index (Phi) is 6.05. The number of carbonyl (C=O) groups excluding carboxylic acids is 1. The van der Waals surface area contributed by atoms with Crippen LogP contribution >= 0.6 is 15.9 Å². The summed E-state index contributed by atoms with van der Waals surface area (Å²) in [6.45, 7) is 2.42. The number of hydrogen-bond donors (Lipinski definition) is 1. The second-order valence-corrected chi connectivity index (χ2v) is 6.43. The number of nitro groups is 1. The van der Waals surface area contributed by atoms with E-state index in [1.165, 1.54) is 12.1 Å². The van der Waals surface area contributed by atoms with Crippen molar-refractivity contribution in [2.45, 2.75) is 19.5 Å². The molecule has 1 amide bonds. The maximum absolute atomic E-state index is 12.3. The Morgan fingerprint density at radius 3 is 2.58 bits per heavy atom. The maximum Gasteiger partial charge on any atom is 0.271 e. The third kappa shape index (κ3) is 4.87. The summed E-state index contributed by atoms with van der Waals surface area (Å²) in [6, 6.07) is 13.4. The van der Waals surface area contributed by atoms with Gasteiger partial charge in [-0.2, -0.15) is 0 Å². The number of benzene rings is 2. The van der Waals surface area contributed by atoms with Crippen LogP contribution in [0.15, 0.2) is 53.0 Å². The zero-order valence-electron chi connectivity index (χ0n) is 13.4. The van der Waals surface area contributed by atoms with Gasteiger partial charge in [0.05, 0.1) is 11.0 Å². The molecule has 0 radical (unpaired) electrons. The highest BCUT2D eigenvalue weighted by molar-refractivity contribution is 9.10. The Morgan fingerprint density at radius 1 is 1.29 bits per heavy atom. The lowest BCUT2D eigenvalue weighted by molar-refractivity contribution is -0.384. The van der Waals surface area contributed by atoms with Gasteiger partial charge in [0.2, 0.25) is 5.91 Å². The van der Waals surface area contributed by atoms with Gasteiger partial charge in [0, 0.05) is 28.8 Å². The van der Waals surface area contributed by atoms with E-state index < -0.39 is 4.92 Å². The number of nitrogens with zero attached hydrogens (tertiary/aromatic N) is 2. The van der Waals surface area contributed by atoms with Crippen molar-refractivity contribution in [3.8, 4) is 0 Å². The van der Waals surface area contributed by atoms with E-state index in [4.69, 9.17) is 0 Å². The second kappa shape index (κ2) is 8.03. The molecule has 0 heterocycles. The summed E-state index contributed by atoms with van der Waals surface area (Å²) in [5.74, 6) is -0.213. The molecule has 0 fully saturated rings. The molecule has 0 saturated carbocycles. The first-order valence-electron chi connectivity index (χ1n) is 7.37. The molecule has 2 aromatic carbocycles. The smallest absolute Gasteiger partial charge is 0.271 e. The van der Waals surface area contributed by atoms with Crippen molar-refractivity contribution >= 4 is 33.2 Å². The molecule has 6 nitrogen and oxygen atoms in total. The first-order valence-corrected chi connectivity index (χ1v) is 8.16. The normalized spacial score (nSPS) is 12.0. The van der Waals surface area contributed by atoms with Crippen LogP contribution in [0.4, 0.5) is 11.4 Å². The van der Waals surface area contributed by atoms with E-state index in [0.29, 0.717) is 12.2 Å². The van der Waals surface area contributed by atoms with Gasteiger partial charge >= 0.3 is 0 Å². The number of amides is 1. The molecular formula is C17H18BrN3O3. The number of hydrogen-bond acceptors (Lipinski definition) is 4. The van der Waals surface area contributed by atoms with Crippen molar-refractivity contribution in [3.05, 3.63) is 68.7 Å². The summed E-state index contributed by atoms with van der Waals surface area (Å²) < 4.78 is 1.00. The summed E-state index contributed by atoms with van der Waals surface area (Å²) >= 11 is 3.39. The van der Waals surface area contributed by atoms with Crippen molar-refractivity contribution in [1.29, 1.82) is 0 Å². The van der Waals surface area contributed by atoms with Crippen LogP contribution in [0.25, 0.3) is 0 Å². The van der Waals surface area contributed by atoms with Crippen LogP contribution in [-0.4, -0.2) is 28.8 Å². The lowest BCUT2D eigenvalue weighted by atomic mass is 10.2. The van der Waals surface area contributed by atoms with E-state index >= 15 is 0 Å². The number of non-ortho nitro benzene ring substituents is 1. The third-order valence-electron chi connectivity index (χ3n) is 3.71. The summed E-state index contributed by atoms with van der Waals surface area (Å²) in [7, 11) is 1.86. The first kappa shape index (κ1) is 18.1. The molecule has 0 aliphatic carbocycles. The fraction of sp³-hybridized carbons (Fsp3) is 0.235. The molecule has 1 N–H and O–H groups in total. The molecule has 0 aromatic heterocycles. The highest BCUT2D eigenvalue weighted by Gasteiger charge is 2.19. The van der Waals surface area contributed by atoms with E-state index in [2.05, 4.69) is 21.2 Å². The second-order valence-electron chi connectivity index (χ2n) is 5.51. The zero-order valence-corrected chi connectivity index (χ0v) is 15.0. The standard InChI is InChI=1S/C17H18BrN3O3/c1-12(20(2)11-13-6-8-14(18)9-7-13)17(22)19-15-4-3-5-16(10-15)21(23)24/h3-10,12H,11H2,1-2H3,(H,19,22).